The first-order chi connectivity index (χ1) is 10.7. The molecule has 6 heteroatoms. The van der Waals surface area contributed by atoms with Crippen LogP contribution >= 0.6 is 0 Å². The normalized spacial score (nSPS) is 16.0. The number of ether oxygens (including phenoxy) is 1. The van der Waals surface area contributed by atoms with Gasteiger partial charge in [-0.3, -0.25) is 9.59 Å². The fourth-order valence-electron chi connectivity index (χ4n) is 2.49. The third-order valence-electron chi connectivity index (χ3n) is 3.62. The van der Waals surface area contributed by atoms with Crippen LogP contribution in [0.4, 0.5) is 0 Å². The number of furan rings is 1. The zero-order valence-corrected chi connectivity index (χ0v) is 12.1. The lowest BCUT2D eigenvalue weighted by molar-refractivity contribution is -0.121. The number of hydrogen-bond donors (Lipinski definition) is 2. The van der Waals surface area contributed by atoms with Crippen molar-refractivity contribution in [3.8, 4) is 5.75 Å². The molecule has 0 spiro atoms. The molecule has 1 aromatic carbocycles. The highest BCUT2D eigenvalue weighted by Gasteiger charge is 2.30. The third-order valence-corrected chi connectivity index (χ3v) is 3.62. The number of hydrogen-bond acceptors (Lipinski definition) is 4. The van der Waals surface area contributed by atoms with Crippen LogP contribution in [-0.2, 0) is 11.3 Å². The van der Waals surface area contributed by atoms with Gasteiger partial charge in [-0.2, -0.15) is 0 Å². The van der Waals surface area contributed by atoms with Crippen LogP contribution in [0.2, 0.25) is 0 Å². The number of benzene rings is 1. The molecule has 0 fully saturated rings. The summed E-state index contributed by atoms with van der Waals surface area (Å²) in [6, 6.07) is 8.53. The van der Waals surface area contributed by atoms with E-state index < -0.39 is 0 Å². The highest BCUT2D eigenvalue weighted by Crippen LogP contribution is 2.30. The van der Waals surface area contributed by atoms with Crippen molar-refractivity contribution in [3.05, 3.63) is 53.5 Å². The minimum Gasteiger partial charge on any atom is -0.497 e. The van der Waals surface area contributed by atoms with E-state index >= 15 is 0 Å². The number of carbonyl (C=O) groups excluding carboxylic acids is 2. The molecule has 0 bridgehead atoms. The Morgan fingerprint density at radius 1 is 1.41 bits per heavy atom. The molecular weight excluding hydrogens is 284 g/mol. The molecule has 2 N–H and O–H groups in total. The van der Waals surface area contributed by atoms with Crippen molar-refractivity contribution >= 4 is 11.8 Å². The SMILES string of the molecule is COc1ccc2c(c1)C(=O)N[C@H]2CC(=O)NCc1ccco1. The van der Waals surface area contributed by atoms with Crippen molar-refractivity contribution in [2.75, 3.05) is 7.11 Å². The summed E-state index contributed by atoms with van der Waals surface area (Å²) in [5, 5.41) is 5.59. The van der Waals surface area contributed by atoms with Crippen LogP contribution < -0.4 is 15.4 Å². The van der Waals surface area contributed by atoms with Crippen LogP contribution in [0.15, 0.2) is 41.0 Å². The van der Waals surface area contributed by atoms with Crippen molar-refractivity contribution in [2.45, 2.75) is 19.0 Å². The van der Waals surface area contributed by atoms with Crippen molar-refractivity contribution in [1.82, 2.24) is 10.6 Å². The zero-order valence-electron chi connectivity index (χ0n) is 12.1. The molecule has 22 heavy (non-hydrogen) atoms. The lowest BCUT2D eigenvalue weighted by Gasteiger charge is -2.11. The molecule has 1 aliphatic heterocycles. The second kappa shape index (κ2) is 5.93. The monoisotopic (exact) mass is 300 g/mol. The van der Waals surface area contributed by atoms with Crippen molar-refractivity contribution in [1.29, 1.82) is 0 Å². The van der Waals surface area contributed by atoms with Gasteiger partial charge < -0.3 is 19.8 Å². The summed E-state index contributed by atoms with van der Waals surface area (Å²) in [7, 11) is 1.55. The molecule has 0 radical (unpaired) electrons. The Bertz CT molecular complexity index is 694. The Hall–Kier alpha value is -2.76. The highest BCUT2D eigenvalue weighted by atomic mass is 16.5. The first-order valence-corrected chi connectivity index (χ1v) is 6.95. The van der Waals surface area contributed by atoms with E-state index in [1.807, 2.05) is 6.07 Å². The van der Waals surface area contributed by atoms with Crippen molar-refractivity contribution in [3.63, 3.8) is 0 Å². The second-order valence-electron chi connectivity index (χ2n) is 5.04. The number of nitrogens with one attached hydrogen (secondary N) is 2. The van der Waals surface area contributed by atoms with E-state index in [0.717, 1.165) is 5.56 Å². The van der Waals surface area contributed by atoms with Gasteiger partial charge in [0.2, 0.25) is 5.91 Å². The van der Waals surface area contributed by atoms with E-state index in [1.165, 1.54) is 0 Å². The van der Waals surface area contributed by atoms with Gasteiger partial charge in [-0.25, -0.2) is 0 Å². The van der Waals surface area contributed by atoms with Crippen LogP contribution in [0, 0.1) is 0 Å². The summed E-state index contributed by atoms with van der Waals surface area (Å²) in [4.78, 5) is 24.0. The highest BCUT2D eigenvalue weighted by molar-refractivity contribution is 6.00. The molecule has 1 atom stereocenters. The van der Waals surface area contributed by atoms with Gasteiger partial charge in [0, 0.05) is 5.56 Å². The summed E-state index contributed by atoms with van der Waals surface area (Å²) in [6.45, 7) is 0.335. The van der Waals surface area contributed by atoms with Gasteiger partial charge in [0.05, 0.1) is 32.4 Å². The van der Waals surface area contributed by atoms with Gasteiger partial charge in [-0.05, 0) is 29.8 Å². The number of methoxy groups -OCH3 is 1. The number of amides is 2. The lowest BCUT2D eigenvalue weighted by Crippen LogP contribution is -2.28. The molecule has 114 valence electrons. The Morgan fingerprint density at radius 2 is 2.27 bits per heavy atom. The molecule has 0 unspecified atom stereocenters. The van der Waals surface area contributed by atoms with E-state index in [9.17, 15) is 9.59 Å². The van der Waals surface area contributed by atoms with E-state index in [-0.39, 0.29) is 24.3 Å². The van der Waals surface area contributed by atoms with Gasteiger partial charge in [0.25, 0.3) is 5.91 Å². The van der Waals surface area contributed by atoms with Gasteiger partial charge in [0.1, 0.15) is 11.5 Å². The zero-order chi connectivity index (χ0) is 15.5. The van der Waals surface area contributed by atoms with Crippen LogP contribution in [-0.4, -0.2) is 18.9 Å². The van der Waals surface area contributed by atoms with Crippen molar-refractivity contribution < 1.29 is 18.7 Å². The van der Waals surface area contributed by atoms with E-state index in [2.05, 4.69) is 10.6 Å². The lowest BCUT2D eigenvalue weighted by atomic mass is 10.0. The molecule has 0 aliphatic carbocycles. The fourth-order valence-corrected chi connectivity index (χ4v) is 2.49. The number of carbonyl (C=O) groups is 2. The maximum Gasteiger partial charge on any atom is 0.252 e. The maximum absolute atomic E-state index is 12.0. The van der Waals surface area contributed by atoms with Crippen LogP contribution in [0.1, 0.15) is 34.1 Å². The molecule has 1 aliphatic rings. The quantitative estimate of drug-likeness (QED) is 0.882. The Labute approximate surface area is 127 Å². The average Bonchev–Trinajstić information content (AvgIpc) is 3.14. The molecule has 2 aromatic rings. The topological polar surface area (TPSA) is 80.6 Å². The standard InChI is InChI=1S/C16H16N2O4/c1-21-10-4-5-12-13(7-10)16(20)18-14(12)8-15(19)17-9-11-3-2-6-22-11/h2-7,14H,8-9H2,1H3,(H,17,19)(H,18,20)/t14-/m0/s1. The summed E-state index contributed by atoms with van der Waals surface area (Å²) >= 11 is 0. The molecular formula is C16H16N2O4. The van der Waals surface area contributed by atoms with Gasteiger partial charge in [-0.15, -0.1) is 0 Å². The molecule has 1 aromatic heterocycles. The van der Waals surface area contributed by atoms with E-state index in [1.54, 1.807) is 37.6 Å². The molecule has 6 nitrogen and oxygen atoms in total. The summed E-state index contributed by atoms with van der Waals surface area (Å²) in [5.41, 5.74) is 1.38. The van der Waals surface area contributed by atoms with Gasteiger partial charge >= 0.3 is 0 Å². The fraction of sp³-hybridized carbons (Fsp3) is 0.250. The number of rotatable bonds is 5. The van der Waals surface area contributed by atoms with Crippen LogP contribution in [0.25, 0.3) is 0 Å². The molecule has 0 saturated heterocycles. The van der Waals surface area contributed by atoms with E-state index in [0.29, 0.717) is 23.6 Å². The maximum atomic E-state index is 12.0. The minimum absolute atomic E-state index is 0.148. The second-order valence-corrected chi connectivity index (χ2v) is 5.04. The van der Waals surface area contributed by atoms with E-state index in [4.69, 9.17) is 9.15 Å². The first kappa shape index (κ1) is 14.2. The Balaban J connectivity index is 1.65. The average molecular weight is 300 g/mol. The van der Waals surface area contributed by atoms with Crippen molar-refractivity contribution in [2.24, 2.45) is 0 Å². The van der Waals surface area contributed by atoms with Gasteiger partial charge in [0.15, 0.2) is 0 Å². The minimum atomic E-state index is -0.315. The molecule has 0 saturated carbocycles. The van der Waals surface area contributed by atoms with Gasteiger partial charge in [-0.1, -0.05) is 6.07 Å². The Kier molecular flexibility index (Phi) is 3.82. The first-order valence-electron chi connectivity index (χ1n) is 6.95. The summed E-state index contributed by atoms with van der Waals surface area (Å²) in [5.74, 6) is 0.980. The molecule has 3 rings (SSSR count). The molecule has 2 amide bonds. The largest absolute Gasteiger partial charge is 0.497 e. The number of fused-ring (bicyclic) bond motifs is 1. The smallest absolute Gasteiger partial charge is 0.252 e. The third kappa shape index (κ3) is 2.81. The predicted octanol–water partition coefficient (Wildman–Crippen LogP) is 1.78. The van der Waals surface area contributed by atoms with Crippen LogP contribution in [0.5, 0.6) is 5.75 Å². The predicted molar refractivity (Wildman–Crippen MR) is 78.4 cm³/mol. The summed E-state index contributed by atoms with van der Waals surface area (Å²) in [6.07, 6.45) is 1.74. The van der Waals surface area contributed by atoms with Crippen LogP contribution in [0.3, 0.4) is 0 Å². The summed E-state index contributed by atoms with van der Waals surface area (Å²) < 4.78 is 10.3. The molecule has 2 heterocycles. The Morgan fingerprint density at radius 3 is 3.00 bits per heavy atom.